The summed E-state index contributed by atoms with van der Waals surface area (Å²) in [6.07, 6.45) is 0. The summed E-state index contributed by atoms with van der Waals surface area (Å²) < 4.78 is 26.0. The van der Waals surface area contributed by atoms with Crippen LogP contribution in [0.2, 0.25) is 0 Å². The second kappa shape index (κ2) is 3.96. The van der Waals surface area contributed by atoms with Crippen LogP contribution >= 0.6 is 0 Å². The minimum atomic E-state index is -1.14. The predicted octanol–water partition coefficient (Wildman–Crippen LogP) is 1.22. The highest BCUT2D eigenvalue weighted by molar-refractivity contribution is 5.88. The lowest BCUT2D eigenvalue weighted by Crippen LogP contribution is -2.45. The Bertz CT molecular complexity index is 432. The molecule has 0 saturated carbocycles. The number of anilines is 2. The number of benzene rings is 1. The average molecular weight is 229 g/mol. The highest BCUT2D eigenvalue weighted by Crippen LogP contribution is 2.26. The van der Waals surface area contributed by atoms with E-state index >= 15 is 0 Å². The Hall–Kier alpha value is -1.85. The monoisotopic (exact) mass is 229 g/mol. The van der Waals surface area contributed by atoms with Crippen LogP contribution in [0.3, 0.4) is 0 Å². The van der Waals surface area contributed by atoms with E-state index in [1.165, 1.54) is 13.8 Å². The second-order valence-electron chi connectivity index (χ2n) is 3.96. The number of nitrogens with one attached hydrogen (secondary N) is 1. The Morgan fingerprint density at radius 2 is 1.94 bits per heavy atom. The molecule has 0 aliphatic heterocycles. The van der Waals surface area contributed by atoms with E-state index in [-0.39, 0.29) is 11.4 Å². The van der Waals surface area contributed by atoms with Crippen LogP contribution in [0, 0.1) is 11.6 Å². The number of hydrogen-bond acceptors (Lipinski definition) is 3. The van der Waals surface area contributed by atoms with E-state index in [0.717, 1.165) is 6.07 Å². The van der Waals surface area contributed by atoms with Gasteiger partial charge in [0.2, 0.25) is 5.91 Å². The molecule has 0 aliphatic carbocycles. The molecule has 0 fully saturated rings. The van der Waals surface area contributed by atoms with Gasteiger partial charge in [-0.15, -0.1) is 0 Å². The summed E-state index contributed by atoms with van der Waals surface area (Å²) in [5, 5.41) is 2.59. The Labute approximate surface area is 91.6 Å². The Kier molecular flexibility index (Phi) is 3.02. The molecule has 16 heavy (non-hydrogen) atoms. The van der Waals surface area contributed by atoms with Crippen molar-refractivity contribution >= 4 is 17.3 Å². The van der Waals surface area contributed by atoms with Crippen LogP contribution < -0.4 is 16.8 Å². The fraction of sp³-hybridized carbons (Fsp3) is 0.300. The van der Waals surface area contributed by atoms with Crippen molar-refractivity contribution in [2.45, 2.75) is 19.4 Å². The van der Waals surface area contributed by atoms with Crippen molar-refractivity contribution in [1.82, 2.24) is 0 Å². The largest absolute Gasteiger partial charge is 0.395 e. The molecule has 0 heterocycles. The van der Waals surface area contributed by atoms with Crippen LogP contribution in [-0.2, 0) is 4.79 Å². The maximum atomic E-state index is 13.1. The molecule has 0 saturated heterocycles. The molecular weight excluding hydrogens is 216 g/mol. The average Bonchev–Trinajstić information content (AvgIpc) is 2.12. The zero-order valence-electron chi connectivity index (χ0n) is 8.97. The van der Waals surface area contributed by atoms with Crippen LogP contribution in [-0.4, -0.2) is 11.4 Å². The molecule has 0 bridgehead atoms. The molecule has 0 spiro atoms. The molecule has 0 radical (unpaired) electrons. The first kappa shape index (κ1) is 12.2. The highest BCUT2D eigenvalue weighted by Gasteiger charge is 2.25. The van der Waals surface area contributed by atoms with Crippen molar-refractivity contribution in [2.24, 2.45) is 5.73 Å². The quantitative estimate of drug-likeness (QED) is 0.682. The summed E-state index contributed by atoms with van der Waals surface area (Å²) in [7, 11) is 0. The summed E-state index contributed by atoms with van der Waals surface area (Å²) >= 11 is 0. The molecule has 6 heteroatoms. The first-order valence-corrected chi connectivity index (χ1v) is 4.56. The van der Waals surface area contributed by atoms with Crippen LogP contribution in [0.15, 0.2) is 12.1 Å². The Balaban J connectivity index is 3.11. The molecule has 1 rings (SSSR count). The first-order valence-electron chi connectivity index (χ1n) is 4.56. The number of primary amides is 1. The minimum absolute atomic E-state index is 0.00120. The Morgan fingerprint density at radius 1 is 1.38 bits per heavy atom. The van der Waals surface area contributed by atoms with Gasteiger partial charge in [-0.25, -0.2) is 8.78 Å². The van der Waals surface area contributed by atoms with Crippen LogP contribution in [0.4, 0.5) is 20.2 Å². The van der Waals surface area contributed by atoms with E-state index in [2.05, 4.69) is 5.32 Å². The molecule has 4 nitrogen and oxygen atoms in total. The van der Waals surface area contributed by atoms with Gasteiger partial charge in [0, 0.05) is 6.07 Å². The van der Waals surface area contributed by atoms with E-state index < -0.39 is 23.1 Å². The summed E-state index contributed by atoms with van der Waals surface area (Å²) in [5.74, 6) is -2.33. The van der Waals surface area contributed by atoms with E-state index in [1.54, 1.807) is 0 Å². The van der Waals surface area contributed by atoms with Crippen LogP contribution in [0.1, 0.15) is 13.8 Å². The number of rotatable bonds is 3. The maximum absolute atomic E-state index is 13.1. The van der Waals surface area contributed by atoms with Crippen LogP contribution in [0.25, 0.3) is 0 Å². The molecule has 0 unspecified atom stereocenters. The number of hydrogen-bond donors (Lipinski definition) is 3. The van der Waals surface area contributed by atoms with Gasteiger partial charge >= 0.3 is 0 Å². The first-order chi connectivity index (χ1) is 7.24. The highest BCUT2D eigenvalue weighted by atomic mass is 19.1. The number of carbonyl (C=O) groups is 1. The topological polar surface area (TPSA) is 81.1 Å². The van der Waals surface area contributed by atoms with Gasteiger partial charge in [-0.1, -0.05) is 0 Å². The fourth-order valence-corrected chi connectivity index (χ4v) is 1.09. The number of nitrogens with two attached hydrogens (primary N) is 2. The standard InChI is InChI=1S/C10H13F2N3O/c1-10(2,9(14)16)15-7-4-5(11)3-6(12)8(7)13/h3-4,15H,13H2,1-2H3,(H2,14,16). The van der Waals surface area contributed by atoms with Gasteiger partial charge in [-0.3, -0.25) is 4.79 Å². The smallest absolute Gasteiger partial charge is 0.242 e. The van der Waals surface area contributed by atoms with Gasteiger partial charge in [0.25, 0.3) is 0 Å². The number of halogens is 2. The summed E-state index contributed by atoms with van der Waals surface area (Å²) in [6.45, 7) is 2.97. The van der Waals surface area contributed by atoms with Crippen molar-refractivity contribution in [3.8, 4) is 0 Å². The van der Waals surface area contributed by atoms with Gasteiger partial charge in [0.05, 0.1) is 11.4 Å². The van der Waals surface area contributed by atoms with E-state index in [1.807, 2.05) is 0 Å². The van der Waals surface area contributed by atoms with Crippen molar-refractivity contribution in [3.63, 3.8) is 0 Å². The van der Waals surface area contributed by atoms with Gasteiger partial charge in [0.1, 0.15) is 11.4 Å². The molecule has 88 valence electrons. The van der Waals surface area contributed by atoms with E-state index in [9.17, 15) is 13.6 Å². The van der Waals surface area contributed by atoms with E-state index in [4.69, 9.17) is 11.5 Å². The van der Waals surface area contributed by atoms with Gasteiger partial charge in [-0.2, -0.15) is 0 Å². The second-order valence-corrected chi connectivity index (χ2v) is 3.96. The molecule has 0 aromatic heterocycles. The van der Waals surface area contributed by atoms with Gasteiger partial charge < -0.3 is 16.8 Å². The molecular formula is C10H13F2N3O. The molecule has 0 atom stereocenters. The molecule has 1 aromatic rings. The zero-order valence-corrected chi connectivity index (χ0v) is 8.97. The summed E-state index contributed by atoms with van der Waals surface area (Å²) in [5.41, 5.74) is 9.12. The maximum Gasteiger partial charge on any atom is 0.242 e. The lowest BCUT2D eigenvalue weighted by atomic mass is 10.0. The summed E-state index contributed by atoms with van der Waals surface area (Å²) in [6, 6.07) is 1.67. The molecule has 0 aliphatic rings. The van der Waals surface area contributed by atoms with Crippen molar-refractivity contribution in [1.29, 1.82) is 0 Å². The SMILES string of the molecule is CC(C)(Nc1cc(F)cc(F)c1N)C(N)=O. The third-order valence-electron chi connectivity index (χ3n) is 2.16. The zero-order chi connectivity index (χ0) is 12.5. The van der Waals surface area contributed by atoms with Gasteiger partial charge in [-0.05, 0) is 19.9 Å². The lowest BCUT2D eigenvalue weighted by molar-refractivity contribution is -0.121. The fourth-order valence-electron chi connectivity index (χ4n) is 1.09. The lowest BCUT2D eigenvalue weighted by Gasteiger charge is -2.24. The summed E-state index contributed by atoms with van der Waals surface area (Å²) in [4.78, 5) is 11.0. The molecule has 1 aromatic carbocycles. The predicted molar refractivity (Wildman–Crippen MR) is 57.7 cm³/mol. The van der Waals surface area contributed by atoms with E-state index in [0.29, 0.717) is 6.07 Å². The van der Waals surface area contributed by atoms with Crippen molar-refractivity contribution < 1.29 is 13.6 Å². The number of nitrogen functional groups attached to an aromatic ring is 1. The number of carbonyl (C=O) groups excluding carboxylic acids is 1. The third-order valence-corrected chi connectivity index (χ3v) is 2.16. The van der Waals surface area contributed by atoms with Gasteiger partial charge in [0.15, 0.2) is 5.82 Å². The van der Waals surface area contributed by atoms with Crippen LogP contribution in [0.5, 0.6) is 0 Å². The van der Waals surface area contributed by atoms with Crippen molar-refractivity contribution in [3.05, 3.63) is 23.8 Å². The number of amides is 1. The molecule has 5 N–H and O–H groups in total. The van der Waals surface area contributed by atoms with Crippen molar-refractivity contribution in [2.75, 3.05) is 11.1 Å². The molecule has 1 amide bonds. The minimum Gasteiger partial charge on any atom is -0.395 e. The third kappa shape index (κ3) is 2.39. The Morgan fingerprint density at radius 3 is 2.44 bits per heavy atom. The normalized spacial score (nSPS) is 11.2.